The number of hydrogen-bond donors (Lipinski definition) is 1. The average Bonchev–Trinajstić information content (AvgIpc) is 2.28. The molecule has 0 saturated carbocycles. The monoisotopic (exact) mass is 238 g/mol. The van der Waals surface area contributed by atoms with E-state index in [0.29, 0.717) is 0 Å². The Morgan fingerprint density at radius 2 is 2.25 bits per heavy atom. The van der Waals surface area contributed by atoms with E-state index in [4.69, 9.17) is 11.6 Å². The van der Waals surface area contributed by atoms with Crippen LogP contribution in [0.4, 0.5) is 5.69 Å². The molecule has 0 aromatic heterocycles. The summed E-state index contributed by atoms with van der Waals surface area (Å²) in [7, 11) is 2.20. The van der Waals surface area contributed by atoms with Crippen molar-refractivity contribution in [1.82, 2.24) is 4.90 Å². The van der Waals surface area contributed by atoms with Crippen LogP contribution >= 0.6 is 11.6 Å². The first-order valence-electron chi connectivity index (χ1n) is 5.92. The van der Waals surface area contributed by atoms with E-state index in [1.54, 1.807) is 0 Å². The molecule has 1 unspecified atom stereocenters. The molecule has 0 spiro atoms. The van der Waals surface area contributed by atoms with Gasteiger partial charge in [0.2, 0.25) is 0 Å². The molecule has 1 saturated heterocycles. The van der Waals surface area contributed by atoms with Crippen molar-refractivity contribution in [1.29, 1.82) is 0 Å². The highest BCUT2D eigenvalue weighted by molar-refractivity contribution is 6.33. The average molecular weight is 239 g/mol. The topological polar surface area (TPSA) is 15.3 Å². The van der Waals surface area contributed by atoms with Crippen molar-refractivity contribution in [3.8, 4) is 0 Å². The van der Waals surface area contributed by atoms with Gasteiger partial charge in [-0.15, -0.1) is 0 Å². The number of nitrogens with one attached hydrogen (secondary N) is 1. The minimum Gasteiger partial charge on any atom is -0.384 e. The first-order chi connectivity index (χ1) is 7.75. The second kappa shape index (κ2) is 5.55. The van der Waals surface area contributed by atoms with E-state index in [2.05, 4.69) is 17.3 Å². The lowest BCUT2D eigenvalue weighted by molar-refractivity contribution is 0.217. The van der Waals surface area contributed by atoms with Crippen LogP contribution in [0.1, 0.15) is 12.8 Å². The standard InChI is InChI=1S/C13H19ClN2/c1-16-8-4-5-11(10-16)9-15-13-7-3-2-6-12(13)14/h2-3,6-7,11,15H,4-5,8-10H2,1H3. The largest absolute Gasteiger partial charge is 0.384 e. The van der Waals surface area contributed by atoms with Crippen LogP contribution in [0.5, 0.6) is 0 Å². The highest BCUT2D eigenvalue weighted by Gasteiger charge is 2.16. The first-order valence-corrected chi connectivity index (χ1v) is 6.30. The Labute approximate surface area is 103 Å². The summed E-state index contributed by atoms with van der Waals surface area (Å²) in [6.45, 7) is 3.45. The molecular weight excluding hydrogens is 220 g/mol. The van der Waals surface area contributed by atoms with E-state index in [1.807, 2.05) is 24.3 Å². The summed E-state index contributed by atoms with van der Waals surface area (Å²) >= 11 is 6.10. The lowest BCUT2D eigenvalue weighted by Gasteiger charge is -2.30. The minimum absolute atomic E-state index is 0.745. The molecule has 1 atom stereocenters. The van der Waals surface area contributed by atoms with Crippen LogP contribution in [0.25, 0.3) is 0 Å². The van der Waals surface area contributed by atoms with Gasteiger partial charge in [-0.3, -0.25) is 0 Å². The van der Waals surface area contributed by atoms with Crippen molar-refractivity contribution in [2.75, 3.05) is 32.0 Å². The molecule has 88 valence electrons. The van der Waals surface area contributed by atoms with Gasteiger partial charge in [-0.2, -0.15) is 0 Å². The van der Waals surface area contributed by atoms with Gasteiger partial charge in [0.1, 0.15) is 0 Å². The lowest BCUT2D eigenvalue weighted by Crippen LogP contribution is -2.35. The molecular formula is C13H19ClN2. The summed E-state index contributed by atoms with van der Waals surface area (Å²) in [6, 6.07) is 7.94. The molecule has 1 fully saturated rings. The number of piperidine rings is 1. The molecule has 0 aliphatic carbocycles. The van der Waals surface area contributed by atoms with Gasteiger partial charge in [-0.05, 0) is 44.5 Å². The number of nitrogens with zero attached hydrogens (tertiary/aromatic N) is 1. The fourth-order valence-electron chi connectivity index (χ4n) is 2.30. The number of para-hydroxylation sites is 1. The van der Waals surface area contributed by atoms with Crippen molar-refractivity contribution in [3.63, 3.8) is 0 Å². The summed E-state index contributed by atoms with van der Waals surface area (Å²) in [6.07, 6.45) is 2.63. The summed E-state index contributed by atoms with van der Waals surface area (Å²) in [5, 5.41) is 4.26. The number of hydrogen-bond acceptors (Lipinski definition) is 2. The number of rotatable bonds is 3. The van der Waals surface area contributed by atoms with E-state index >= 15 is 0 Å². The molecule has 0 bridgehead atoms. The molecule has 16 heavy (non-hydrogen) atoms. The quantitative estimate of drug-likeness (QED) is 0.871. The van der Waals surface area contributed by atoms with Crippen molar-refractivity contribution in [2.45, 2.75) is 12.8 Å². The molecule has 1 aromatic rings. The van der Waals surface area contributed by atoms with Gasteiger partial charge < -0.3 is 10.2 Å². The van der Waals surface area contributed by atoms with E-state index in [-0.39, 0.29) is 0 Å². The molecule has 0 amide bonds. The normalized spacial score (nSPS) is 22.0. The Hall–Kier alpha value is -0.730. The highest BCUT2D eigenvalue weighted by atomic mass is 35.5. The fraction of sp³-hybridized carbons (Fsp3) is 0.538. The Bertz CT molecular complexity index is 340. The molecule has 2 nitrogen and oxygen atoms in total. The molecule has 1 N–H and O–H groups in total. The van der Waals surface area contributed by atoms with Crippen LogP contribution in [0.3, 0.4) is 0 Å². The maximum atomic E-state index is 6.10. The third kappa shape index (κ3) is 3.13. The van der Waals surface area contributed by atoms with E-state index in [9.17, 15) is 0 Å². The second-order valence-electron chi connectivity index (χ2n) is 4.63. The number of halogens is 1. The molecule has 2 rings (SSSR count). The van der Waals surface area contributed by atoms with Crippen molar-refractivity contribution < 1.29 is 0 Å². The molecule has 0 radical (unpaired) electrons. The zero-order valence-corrected chi connectivity index (χ0v) is 10.5. The lowest BCUT2D eigenvalue weighted by atomic mass is 9.98. The van der Waals surface area contributed by atoms with Gasteiger partial charge in [0.25, 0.3) is 0 Å². The summed E-state index contributed by atoms with van der Waals surface area (Å²) in [4.78, 5) is 2.41. The van der Waals surface area contributed by atoms with Gasteiger partial charge in [0.15, 0.2) is 0 Å². The highest BCUT2D eigenvalue weighted by Crippen LogP contribution is 2.22. The third-order valence-corrected chi connectivity index (χ3v) is 3.51. The Balaban J connectivity index is 1.85. The first kappa shape index (κ1) is 11.7. The van der Waals surface area contributed by atoms with Crippen LogP contribution in [-0.2, 0) is 0 Å². The summed E-state index contributed by atoms with van der Waals surface area (Å²) in [5.74, 6) is 0.745. The minimum atomic E-state index is 0.745. The summed E-state index contributed by atoms with van der Waals surface area (Å²) in [5.41, 5.74) is 1.05. The maximum absolute atomic E-state index is 6.10. The maximum Gasteiger partial charge on any atom is 0.0637 e. The van der Waals surface area contributed by atoms with Crippen LogP contribution < -0.4 is 5.32 Å². The molecule has 1 heterocycles. The van der Waals surface area contributed by atoms with E-state index in [0.717, 1.165) is 23.2 Å². The van der Waals surface area contributed by atoms with Crippen LogP contribution in [0.15, 0.2) is 24.3 Å². The Morgan fingerprint density at radius 1 is 1.44 bits per heavy atom. The van der Waals surface area contributed by atoms with E-state index in [1.165, 1.54) is 25.9 Å². The van der Waals surface area contributed by atoms with Gasteiger partial charge >= 0.3 is 0 Å². The molecule has 1 aliphatic rings. The van der Waals surface area contributed by atoms with E-state index < -0.39 is 0 Å². The zero-order chi connectivity index (χ0) is 11.4. The van der Waals surface area contributed by atoms with Gasteiger partial charge in [0.05, 0.1) is 10.7 Å². The third-order valence-electron chi connectivity index (χ3n) is 3.18. The predicted octanol–water partition coefficient (Wildman–Crippen LogP) is 3.09. The van der Waals surface area contributed by atoms with Gasteiger partial charge in [0, 0.05) is 13.1 Å². The van der Waals surface area contributed by atoms with Crippen LogP contribution in [0.2, 0.25) is 5.02 Å². The van der Waals surface area contributed by atoms with Gasteiger partial charge in [-0.1, -0.05) is 23.7 Å². The smallest absolute Gasteiger partial charge is 0.0637 e. The SMILES string of the molecule is CN1CCCC(CNc2ccccc2Cl)C1. The second-order valence-corrected chi connectivity index (χ2v) is 5.04. The number of likely N-dealkylation sites (tertiary alicyclic amines) is 1. The fourth-order valence-corrected chi connectivity index (χ4v) is 2.50. The van der Waals surface area contributed by atoms with Crippen molar-refractivity contribution in [3.05, 3.63) is 29.3 Å². The van der Waals surface area contributed by atoms with Crippen LogP contribution in [-0.4, -0.2) is 31.6 Å². The van der Waals surface area contributed by atoms with Crippen LogP contribution in [0, 0.1) is 5.92 Å². The Morgan fingerprint density at radius 3 is 3.00 bits per heavy atom. The summed E-state index contributed by atoms with van der Waals surface area (Å²) < 4.78 is 0. The van der Waals surface area contributed by atoms with Gasteiger partial charge in [-0.25, -0.2) is 0 Å². The van der Waals surface area contributed by atoms with Crippen molar-refractivity contribution >= 4 is 17.3 Å². The van der Waals surface area contributed by atoms with Crippen molar-refractivity contribution in [2.24, 2.45) is 5.92 Å². The number of benzene rings is 1. The molecule has 1 aliphatic heterocycles. The molecule has 1 aromatic carbocycles. The zero-order valence-electron chi connectivity index (χ0n) is 9.75. The number of anilines is 1. The molecule has 3 heteroatoms. The Kier molecular flexibility index (Phi) is 4.08. The predicted molar refractivity (Wildman–Crippen MR) is 70.2 cm³/mol.